The minimum Gasteiger partial charge on any atom is -0.467 e. The molecule has 0 aliphatic heterocycles. The third-order valence-electron chi connectivity index (χ3n) is 2.66. The monoisotopic (exact) mass is 339 g/mol. The number of alkyl halides is 3. The summed E-state index contributed by atoms with van der Waals surface area (Å²) in [7, 11) is 1.13. The molecule has 1 aromatic carbocycles. The van der Waals surface area contributed by atoms with E-state index in [1.165, 1.54) is 6.92 Å². The van der Waals surface area contributed by atoms with E-state index in [-0.39, 0.29) is 0 Å². The normalized spacial score (nSPS) is 14.8. The quantitative estimate of drug-likeness (QED) is 0.857. The number of carbonyl (C=O) groups is 1. The molecule has 0 aliphatic rings. The Bertz CT molecular complexity index is 447. The summed E-state index contributed by atoms with van der Waals surface area (Å²) in [5.41, 5.74) is -1.16. The van der Waals surface area contributed by atoms with E-state index in [4.69, 9.17) is 0 Å². The van der Waals surface area contributed by atoms with Crippen molar-refractivity contribution < 1.29 is 22.7 Å². The van der Waals surface area contributed by atoms with E-state index in [1.54, 1.807) is 24.3 Å². The Labute approximate surface area is 117 Å². The van der Waals surface area contributed by atoms with Crippen molar-refractivity contribution in [2.24, 2.45) is 0 Å². The predicted molar refractivity (Wildman–Crippen MR) is 67.6 cm³/mol. The van der Waals surface area contributed by atoms with Gasteiger partial charge in [0.2, 0.25) is 0 Å². The number of nitrogens with one attached hydrogen (secondary N) is 1. The molecule has 0 amide bonds. The molecule has 1 N–H and O–H groups in total. The molecule has 0 spiro atoms. The minimum absolute atomic E-state index is 0.395. The van der Waals surface area contributed by atoms with E-state index in [1.807, 2.05) is 0 Å². The predicted octanol–water partition coefficient (Wildman–Crippen LogP) is 2.99. The second-order valence-corrected chi connectivity index (χ2v) is 5.01. The van der Waals surface area contributed by atoms with Gasteiger partial charge in [-0.25, -0.2) is 4.79 Å². The van der Waals surface area contributed by atoms with Crippen LogP contribution in [0.15, 0.2) is 28.7 Å². The summed E-state index contributed by atoms with van der Waals surface area (Å²) in [5.74, 6) is -0.779. The van der Waals surface area contributed by atoms with Gasteiger partial charge in [0, 0.05) is 4.47 Å². The number of rotatable bonds is 4. The zero-order valence-corrected chi connectivity index (χ0v) is 11.9. The van der Waals surface area contributed by atoms with Crippen molar-refractivity contribution in [1.82, 2.24) is 5.32 Å². The number of hydrogen-bond donors (Lipinski definition) is 1. The fourth-order valence-electron chi connectivity index (χ4n) is 1.56. The Balaban J connectivity index is 3.06. The molecule has 0 aliphatic carbocycles. The van der Waals surface area contributed by atoms with Crippen LogP contribution in [0.3, 0.4) is 0 Å². The van der Waals surface area contributed by atoms with Crippen LogP contribution in [0, 0.1) is 0 Å². The molecule has 0 saturated heterocycles. The highest BCUT2D eigenvalue weighted by molar-refractivity contribution is 9.10. The van der Waals surface area contributed by atoms with Gasteiger partial charge >= 0.3 is 12.1 Å². The van der Waals surface area contributed by atoms with Crippen molar-refractivity contribution in [3.8, 4) is 0 Å². The van der Waals surface area contributed by atoms with Crippen molar-refractivity contribution in [3.05, 3.63) is 34.3 Å². The number of hydrogen-bond acceptors (Lipinski definition) is 3. The van der Waals surface area contributed by atoms with Gasteiger partial charge in [-0.1, -0.05) is 28.1 Å². The summed E-state index contributed by atoms with van der Waals surface area (Å²) in [6, 6.07) is 6.41. The first kappa shape index (κ1) is 16.0. The van der Waals surface area contributed by atoms with E-state index < -0.39 is 24.2 Å². The molecule has 0 aromatic heterocycles. The number of esters is 1. The van der Waals surface area contributed by atoms with Crippen LogP contribution in [0.2, 0.25) is 0 Å². The fraction of sp³-hybridized carbons (Fsp3) is 0.417. The van der Waals surface area contributed by atoms with E-state index in [9.17, 15) is 18.0 Å². The van der Waals surface area contributed by atoms with Crippen molar-refractivity contribution in [2.75, 3.05) is 13.7 Å². The Kier molecular flexibility index (Phi) is 4.98. The fourth-order valence-corrected chi connectivity index (χ4v) is 1.82. The highest BCUT2D eigenvalue weighted by Crippen LogP contribution is 2.26. The van der Waals surface area contributed by atoms with Crippen molar-refractivity contribution in [2.45, 2.75) is 18.6 Å². The van der Waals surface area contributed by atoms with E-state index in [0.29, 0.717) is 5.56 Å². The summed E-state index contributed by atoms with van der Waals surface area (Å²) < 4.78 is 42.3. The molecule has 0 bridgehead atoms. The molecule has 3 nitrogen and oxygen atoms in total. The van der Waals surface area contributed by atoms with Crippen LogP contribution in [0.4, 0.5) is 13.2 Å². The van der Waals surface area contributed by atoms with Gasteiger partial charge in [0.25, 0.3) is 0 Å². The molecule has 1 unspecified atom stereocenters. The number of ether oxygens (including phenoxy) is 1. The van der Waals surface area contributed by atoms with Crippen LogP contribution in [0.1, 0.15) is 12.5 Å². The Hall–Kier alpha value is -1.08. The van der Waals surface area contributed by atoms with Gasteiger partial charge in [0.1, 0.15) is 5.54 Å². The smallest absolute Gasteiger partial charge is 0.401 e. The van der Waals surface area contributed by atoms with Gasteiger partial charge in [-0.05, 0) is 24.6 Å². The molecular weight excluding hydrogens is 327 g/mol. The molecule has 1 rings (SSSR count). The first-order valence-electron chi connectivity index (χ1n) is 5.35. The summed E-state index contributed by atoms with van der Waals surface area (Å²) in [5, 5.41) is 2.21. The van der Waals surface area contributed by atoms with Crippen LogP contribution in [0.25, 0.3) is 0 Å². The highest BCUT2D eigenvalue weighted by atomic mass is 79.9. The molecule has 1 aromatic rings. The zero-order valence-electron chi connectivity index (χ0n) is 10.3. The average Bonchev–Trinajstić information content (AvgIpc) is 2.35. The van der Waals surface area contributed by atoms with Crippen LogP contribution >= 0.6 is 15.9 Å². The van der Waals surface area contributed by atoms with Crippen LogP contribution in [-0.2, 0) is 15.1 Å². The molecule has 106 valence electrons. The topological polar surface area (TPSA) is 38.3 Å². The maximum absolute atomic E-state index is 12.3. The summed E-state index contributed by atoms with van der Waals surface area (Å²) in [6.45, 7) is 0.0719. The van der Waals surface area contributed by atoms with Crippen LogP contribution < -0.4 is 5.32 Å². The Morgan fingerprint density at radius 2 is 1.84 bits per heavy atom. The number of carbonyl (C=O) groups excluding carboxylic acids is 1. The van der Waals surface area contributed by atoms with Gasteiger partial charge in [0.15, 0.2) is 0 Å². The van der Waals surface area contributed by atoms with E-state index in [0.717, 1.165) is 11.6 Å². The maximum Gasteiger partial charge on any atom is 0.401 e. The highest BCUT2D eigenvalue weighted by Gasteiger charge is 2.40. The molecular formula is C12H13BrF3NO2. The van der Waals surface area contributed by atoms with Crippen molar-refractivity contribution in [1.29, 1.82) is 0 Å². The van der Waals surface area contributed by atoms with Crippen molar-refractivity contribution >= 4 is 21.9 Å². The van der Waals surface area contributed by atoms with Crippen LogP contribution in [-0.4, -0.2) is 25.8 Å². The third kappa shape index (κ3) is 4.21. The average molecular weight is 340 g/mol. The minimum atomic E-state index is -4.41. The lowest BCUT2D eigenvalue weighted by Gasteiger charge is -2.29. The van der Waals surface area contributed by atoms with E-state index >= 15 is 0 Å². The molecule has 0 fully saturated rings. The Morgan fingerprint density at radius 3 is 2.26 bits per heavy atom. The molecule has 0 radical (unpaired) electrons. The number of halogens is 4. The standard InChI is InChI=1S/C12H13BrF3NO2/c1-11(10(18)19-2,17-7-12(14,15)16)8-3-5-9(13)6-4-8/h3-6,17H,7H2,1-2H3. The van der Waals surface area contributed by atoms with Gasteiger partial charge in [0.05, 0.1) is 13.7 Å². The van der Waals surface area contributed by atoms with Gasteiger partial charge < -0.3 is 4.74 Å². The van der Waals surface area contributed by atoms with Gasteiger partial charge in [-0.3, -0.25) is 5.32 Å². The third-order valence-corrected chi connectivity index (χ3v) is 3.19. The summed E-state index contributed by atoms with van der Waals surface area (Å²) >= 11 is 3.22. The Morgan fingerprint density at radius 1 is 1.32 bits per heavy atom. The lowest BCUT2D eigenvalue weighted by atomic mass is 9.92. The summed E-state index contributed by atoms with van der Waals surface area (Å²) in [6.07, 6.45) is -4.41. The largest absolute Gasteiger partial charge is 0.467 e. The van der Waals surface area contributed by atoms with Gasteiger partial charge in [-0.15, -0.1) is 0 Å². The van der Waals surface area contributed by atoms with E-state index in [2.05, 4.69) is 26.0 Å². The zero-order chi connectivity index (χ0) is 14.7. The molecule has 1 atom stereocenters. The lowest BCUT2D eigenvalue weighted by Crippen LogP contribution is -2.50. The molecule has 0 heterocycles. The molecule has 7 heteroatoms. The lowest BCUT2D eigenvalue weighted by molar-refractivity contribution is -0.153. The summed E-state index contributed by atoms with van der Waals surface area (Å²) in [4.78, 5) is 11.8. The second kappa shape index (κ2) is 5.92. The maximum atomic E-state index is 12.3. The van der Waals surface area contributed by atoms with Gasteiger partial charge in [-0.2, -0.15) is 13.2 Å². The van der Waals surface area contributed by atoms with Crippen LogP contribution in [0.5, 0.6) is 0 Å². The first-order chi connectivity index (χ1) is 8.69. The molecule has 0 saturated carbocycles. The SMILES string of the molecule is COC(=O)C(C)(NCC(F)(F)F)c1ccc(Br)cc1. The van der Waals surface area contributed by atoms with Crippen molar-refractivity contribution in [3.63, 3.8) is 0 Å². The number of methoxy groups -OCH3 is 1. The second-order valence-electron chi connectivity index (χ2n) is 4.09. The number of benzene rings is 1. The first-order valence-corrected chi connectivity index (χ1v) is 6.14. The molecule has 19 heavy (non-hydrogen) atoms.